The van der Waals surface area contributed by atoms with Gasteiger partial charge in [0.2, 0.25) is 0 Å². The summed E-state index contributed by atoms with van der Waals surface area (Å²) in [6, 6.07) is 1.68. The summed E-state index contributed by atoms with van der Waals surface area (Å²) in [4.78, 5) is 5.21. The zero-order chi connectivity index (χ0) is 11.5. The van der Waals surface area contributed by atoms with Gasteiger partial charge in [0, 0.05) is 24.5 Å². The van der Waals surface area contributed by atoms with Crippen LogP contribution in [-0.4, -0.2) is 28.6 Å². The van der Waals surface area contributed by atoms with Crippen LogP contribution in [0.1, 0.15) is 64.2 Å². The van der Waals surface area contributed by atoms with Crippen molar-refractivity contribution in [2.45, 2.75) is 76.3 Å². The van der Waals surface area contributed by atoms with Crippen molar-refractivity contribution in [2.24, 2.45) is 0 Å². The van der Waals surface area contributed by atoms with Crippen LogP contribution < -0.4 is 12.4 Å². The summed E-state index contributed by atoms with van der Waals surface area (Å²) in [5.41, 5.74) is 0. The first-order chi connectivity index (χ1) is 8.43. The molecule has 0 aromatic carbocycles. The number of hydrogen-bond acceptors (Lipinski definition) is 2. The van der Waals surface area contributed by atoms with E-state index in [-0.39, 0.29) is 34.8 Å². The number of hydrogen-bond donors (Lipinski definition) is 0. The van der Waals surface area contributed by atoms with Crippen molar-refractivity contribution in [2.75, 3.05) is 6.67 Å². The molecule has 0 spiro atoms. The average molecular weight is 378 g/mol. The van der Waals surface area contributed by atoms with Crippen molar-refractivity contribution in [3.05, 3.63) is 12.4 Å². The third kappa shape index (κ3) is 4.42. The van der Waals surface area contributed by atoms with Gasteiger partial charge in [0.15, 0.2) is 0 Å². The molecule has 0 unspecified atom stereocenters. The van der Waals surface area contributed by atoms with Crippen molar-refractivity contribution in [1.29, 1.82) is 0 Å². The quantitative estimate of drug-likeness (QED) is 0.654. The first-order valence-corrected chi connectivity index (χ1v) is 7.63. The molecule has 4 heteroatoms. The van der Waals surface area contributed by atoms with Crippen LogP contribution in [0.3, 0.4) is 0 Å². The van der Waals surface area contributed by atoms with E-state index in [2.05, 4.69) is 22.2 Å². The molecule has 0 atom stereocenters. The van der Waals surface area contributed by atoms with E-state index in [9.17, 15) is 0 Å². The minimum absolute atomic E-state index is 0. The molecule has 2 saturated carbocycles. The molecule has 1 aliphatic heterocycles. The minimum Gasteiger partial charge on any atom is -1.00 e. The van der Waals surface area contributed by atoms with Gasteiger partial charge in [-0.3, -0.25) is 0 Å². The van der Waals surface area contributed by atoms with Crippen molar-refractivity contribution in [3.63, 3.8) is 0 Å². The largest absolute Gasteiger partial charge is 1.00 e. The topological polar surface area (TPSA) is 6.48 Å². The van der Waals surface area contributed by atoms with E-state index in [1.165, 1.54) is 70.9 Å². The van der Waals surface area contributed by atoms with Crippen LogP contribution in [0, 0.1) is 0 Å². The number of nitrogens with zero attached hydrogens (tertiary/aromatic N) is 2. The molecule has 0 amide bonds. The average Bonchev–Trinajstić information content (AvgIpc) is 2.90. The fourth-order valence-electron chi connectivity index (χ4n) is 3.75. The molecular weight excluding hydrogens is 351 g/mol. The van der Waals surface area contributed by atoms with Crippen LogP contribution >= 0.6 is 0 Å². The molecule has 0 bridgehead atoms. The standard InChI is InChI=1S/C15H26N2.Ag.ClH/c1-3-7-14(8-4-1)16-11-12-17(13-16)15-9-5-2-6-10-15;;/h11-12,14-15H,1-10,13H2;;1H/q;+1;/p-1. The second-order valence-corrected chi connectivity index (χ2v) is 6.05. The summed E-state index contributed by atoms with van der Waals surface area (Å²) < 4.78 is 0. The van der Waals surface area contributed by atoms with Crippen LogP contribution in [0.2, 0.25) is 0 Å². The molecule has 0 N–H and O–H groups in total. The molecule has 1 heterocycles. The second-order valence-electron chi connectivity index (χ2n) is 6.05. The molecule has 3 rings (SSSR count). The first kappa shape index (κ1) is 17.4. The maximum absolute atomic E-state index is 2.60. The Bertz CT molecular complexity index is 247. The zero-order valence-electron chi connectivity index (χ0n) is 11.7. The van der Waals surface area contributed by atoms with Crippen molar-refractivity contribution < 1.29 is 34.8 Å². The molecule has 2 nitrogen and oxygen atoms in total. The zero-order valence-corrected chi connectivity index (χ0v) is 13.9. The predicted octanol–water partition coefficient (Wildman–Crippen LogP) is 0.700. The minimum atomic E-state index is 0. The van der Waals surface area contributed by atoms with Gasteiger partial charge in [0.05, 0.1) is 6.67 Å². The van der Waals surface area contributed by atoms with Crippen molar-refractivity contribution >= 4 is 0 Å². The van der Waals surface area contributed by atoms with Crippen LogP contribution in [0.4, 0.5) is 0 Å². The van der Waals surface area contributed by atoms with Crippen LogP contribution in [0.15, 0.2) is 12.4 Å². The van der Waals surface area contributed by atoms with E-state index >= 15 is 0 Å². The molecule has 0 radical (unpaired) electrons. The van der Waals surface area contributed by atoms with Crippen LogP contribution in [0.5, 0.6) is 0 Å². The Morgan fingerprint density at radius 3 is 1.37 bits per heavy atom. The van der Waals surface area contributed by atoms with Gasteiger partial charge in [-0.2, -0.15) is 0 Å². The van der Waals surface area contributed by atoms with E-state index in [0.29, 0.717) is 0 Å². The predicted molar refractivity (Wildman–Crippen MR) is 71.4 cm³/mol. The fraction of sp³-hybridized carbons (Fsp3) is 0.867. The van der Waals surface area contributed by atoms with Crippen molar-refractivity contribution in [3.8, 4) is 0 Å². The monoisotopic (exact) mass is 376 g/mol. The van der Waals surface area contributed by atoms with Gasteiger partial charge in [0.25, 0.3) is 0 Å². The Balaban J connectivity index is 0.000000902. The Morgan fingerprint density at radius 1 is 0.632 bits per heavy atom. The molecule has 19 heavy (non-hydrogen) atoms. The molecule has 0 saturated heterocycles. The first-order valence-electron chi connectivity index (χ1n) is 7.63. The fourth-order valence-corrected chi connectivity index (χ4v) is 3.75. The Morgan fingerprint density at radius 2 is 1.00 bits per heavy atom. The van der Waals surface area contributed by atoms with E-state index in [0.717, 1.165) is 12.1 Å². The van der Waals surface area contributed by atoms with Crippen molar-refractivity contribution in [1.82, 2.24) is 9.80 Å². The summed E-state index contributed by atoms with van der Waals surface area (Å²) in [5, 5.41) is 0. The molecule has 0 aromatic rings. The van der Waals surface area contributed by atoms with E-state index < -0.39 is 0 Å². The smallest absolute Gasteiger partial charge is 1.00 e. The summed E-state index contributed by atoms with van der Waals surface area (Å²) in [6.07, 6.45) is 19.1. The maximum atomic E-state index is 2.60. The van der Waals surface area contributed by atoms with E-state index in [4.69, 9.17) is 0 Å². The maximum Gasteiger partial charge on any atom is 1.00 e. The summed E-state index contributed by atoms with van der Waals surface area (Å²) in [5.74, 6) is 0. The molecule has 0 aromatic heterocycles. The van der Waals surface area contributed by atoms with Gasteiger partial charge < -0.3 is 22.2 Å². The molecular formula is C15H26AgClN2. The third-order valence-electron chi connectivity index (χ3n) is 4.86. The van der Waals surface area contributed by atoms with Crippen LogP contribution in [-0.2, 0) is 22.4 Å². The van der Waals surface area contributed by atoms with Gasteiger partial charge in [-0.25, -0.2) is 0 Å². The molecule has 2 aliphatic carbocycles. The number of rotatable bonds is 2. The summed E-state index contributed by atoms with van der Waals surface area (Å²) in [6.45, 7) is 1.18. The normalized spacial score (nSPS) is 25.1. The van der Waals surface area contributed by atoms with Gasteiger partial charge in [-0.1, -0.05) is 38.5 Å². The van der Waals surface area contributed by atoms with Gasteiger partial charge in [-0.05, 0) is 25.7 Å². The van der Waals surface area contributed by atoms with E-state index in [1.54, 1.807) is 0 Å². The van der Waals surface area contributed by atoms with E-state index in [1.807, 2.05) is 0 Å². The SMILES string of the molecule is C1=CN(C2CCCCC2)CN1C1CCCCC1.[Ag+].[Cl-]. The molecule has 2 fully saturated rings. The second kappa shape index (κ2) is 8.61. The number of halogens is 1. The van der Waals surface area contributed by atoms with Gasteiger partial charge in [0.1, 0.15) is 0 Å². The van der Waals surface area contributed by atoms with Crippen LogP contribution in [0.25, 0.3) is 0 Å². The van der Waals surface area contributed by atoms with Gasteiger partial charge in [-0.15, -0.1) is 0 Å². The molecule has 114 valence electrons. The summed E-state index contributed by atoms with van der Waals surface area (Å²) >= 11 is 0. The Labute approximate surface area is 139 Å². The Hall–Kier alpha value is 0.370. The summed E-state index contributed by atoms with van der Waals surface area (Å²) in [7, 11) is 0. The molecule has 3 aliphatic rings. The third-order valence-corrected chi connectivity index (χ3v) is 4.86. The Kier molecular flexibility index (Phi) is 7.90. The van der Waals surface area contributed by atoms with Gasteiger partial charge >= 0.3 is 22.4 Å².